The largest absolute Gasteiger partial charge is 0.145 e. The third-order valence-corrected chi connectivity index (χ3v) is 14.3. The zero-order valence-electron chi connectivity index (χ0n) is 18.5. The molecule has 1 aromatic heterocycles. The maximum absolute atomic E-state index is 2.51. The monoisotopic (exact) mass is 438 g/mol. The van der Waals surface area contributed by atoms with E-state index in [-0.39, 0.29) is 7.92 Å². The van der Waals surface area contributed by atoms with Crippen LogP contribution in [0.2, 0.25) is 0 Å². The van der Waals surface area contributed by atoms with Gasteiger partial charge in [-0.05, 0) is 86.8 Å². The third-order valence-electron chi connectivity index (χ3n) is 6.34. The Bertz CT molecular complexity index is 964. The van der Waals surface area contributed by atoms with Crippen LogP contribution < -0.4 is 21.2 Å². The number of hydrogen-bond acceptors (Lipinski definition) is 1. The quantitative estimate of drug-likeness (QED) is 0.413. The SMILES string of the molecule is Cc1ccccc1P(c1ccccc1C)c1c(C)sc(C)c1P1[C@H](C)CC[C@H]1C. The van der Waals surface area contributed by atoms with Crippen LogP contribution in [-0.2, 0) is 0 Å². The molecule has 152 valence electrons. The molecule has 3 aromatic rings. The molecule has 0 unspecified atom stereocenters. The van der Waals surface area contributed by atoms with Crippen LogP contribution in [0.5, 0.6) is 0 Å². The second-order valence-electron chi connectivity index (χ2n) is 8.50. The van der Waals surface area contributed by atoms with Gasteiger partial charge >= 0.3 is 0 Å². The van der Waals surface area contributed by atoms with Crippen LogP contribution in [0.25, 0.3) is 0 Å². The van der Waals surface area contributed by atoms with Crippen molar-refractivity contribution in [3.05, 3.63) is 69.4 Å². The zero-order chi connectivity index (χ0) is 20.7. The fraction of sp³-hybridized carbons (Fsp3) is 0.385. The summed E-state index contributed by atoms with van der Waals surface area (Å²) in [4.78, 5) is 3.13. The maximum Gasteiger partial charge on any atom is 0.0107 e. The predicted octanol–water partition coefficient (Wildman–Crippen LogP) is 6.42. The molecule has 1 fully saturated rings. The summed E-state index contributed by atoms with van der Waals surface area (Å²) in [5.74, 6) is 0. The summed E-state index contributed by atoms with van der Waals surface area (Å²) in [6.45, 7) is 14.4. The van der Waals surface area contributed by atoms with Crippen LogP contribution in [-0.4, -0.2) is 11.3 Å². The molecule has 0 radical (unpaired) electrons. The highest BCUT2D eigenvalue weighted by molar-refractivity contribution is 7.83. The molecule has 1 aliphatic rings. The number of thiophene rings is 1. The van der Waals surface area contributed by atoms with Gasteiger partial charge in [-0.15, -0.1) is 11.3 Å². The van der Waals surface area contributed by atoms with E-state index in [0.29, 0.717) is 0 Å². The van der Waals surface area contributed by atoms with Crippen LogP contribution in [0.3, 0.4) is 0 Å². The molecule has 0 spiro atoms. The van der Waals surface area contributed by atoms with E-state index in [9.17, 15) is 0 Å². The highest BCUT2D eigenvalue weighted by Crippen LogP contribution is 2.56. The van der Waals surface area contributed by atoms with Crippen molar-refractivity contribution in [1.29, 1.82) is 0 Å². The molecule has 0 nitrogen and oxygen atoms in total. The first-order valence-corrected chi connectivity index (χ1v) is 14.3. The van der Waals surface area contributed by atoms with Gasteiger partial charge in [0.1, 0.15) is 0 Å². The summed E-state index contributed by atoms with van der Waals surface area (Å²) in [5, 5.41) is 6.53. The van der Waals surface area contributed by atoms with Crippen molar-refractivity contribution in [3.8, 4) is 0 Å². The average molecular weight is 439 g/mol. The third kappa shape index (κ3) is 3.87. The minimum absolute atomic E-state index is 0.0893. The first-order chi connectivity index (χ1) is 13.9. The van der Waals surface area contributed by atoms with Crippen LogP contribution >= 0.6 is 27.2 Å². The summed E-state index contributed by atoms with van der Waals surface area (Å²) in [5.41, 5.74) is 4.54. The molecule has 0 bridgehead atoms. The van der Waals surface area contributed by atoms with Crippen molar-refractivity contribution in [2.75, 3.05) is 0 Å². The summed E-state index contributed by atoms with van der Waals surface area (Å²) in [6, 6.07) is 18.2. The second kappa shape index (κ2) is 8.63. The molecule has 2 heterocycles. The smallest absolute Gasteiger partial charge is 0.0107 e. The van der Waals surface area contributed by atoms with E-state index in [4.69, 9.17) is 0 Å². The lowest BCUT2D eigenvalue weighted by atomic mass is 10.2. The minimum atomic E-state index is -0.536. The molecule has 0 aliphatic carbocycles. The molecule has 0 N–H and O–H groups in total. The number of rotatable bonds is 4. The topological polar surface area (TPSA) is 0 Å². The Morgan fingerprint density at radius 2 is 1.24 bits per heavy atom. The second-order valence-corrected chi connectivity index (χ2v) is 15.0. The Morgan fingerprint density at radius 1 is 0.759 bits per heavy atom. The van der Waals surface area contributed by atoms with Crippen LogP contribution in [0.1, 0.15) is 47.6 Å². The molecular weight excluding hydrogens is 406 g/mol. The minimum Gasteiger partial charge on any atom is -0.145 e. The van der Waals surface area contributed by atoms with E-state index < -0.39 is 7.92 Å². The standard InChI is InChI=1S/C26H32P2S/c1-17-11-7-9-13-23(17)28(24-14-10-8-12-18(24)2)26-22(6)29-21(5)25(26)27-19(3)15-16-20(27)4/h7-14,19-20H,15-16H2,1-6H3/t19-,20-/m1/s1. The van der Waals surface area contributed by atoms with Gasteiger partial charge in [-0.1, -0.05) is 70.3 Å². The fourth-order valence-corrected chi connectivity index (χ4v) is 13.5. The Kier molecular flexibility index (Phi) is 6.32. The van der Waals surface area contributed by atoms with Gasteiger partial charge in [-0.2, -0.15) is 0 Å². The van der Waals surface area contributed by atoms with Crippen molar-refractivity contribution >= 4 is 48.4 Å². The summed E-state index contributed by atoms with van der Waals surface area (Å²) in [6.07, 6.45) is 2.79. The van der Waals surface area contributed by atoms with Gasteiger partial charge in [0.15, 0.2) is 0 Å². The summed E-state index contributed by atoms with van der Waals surface area (Å²) >= 11 is 2.05. The van der Waals surface area contributed by atoms with Gasteiger partial charge in [-0.3, -0.25) is 0 Å². The summed E-state index contributed by atoms with van der Waals surface area (Å²) < 4.78 is 0. The van der Waals surface area contributed by atoms with Crippen molar-refractivity contribution in [3.63, 3.8) is 0 Å². The first-order valence-electron chi connectivity index (χ1n) is 10.7. The Hall–Kier alpha value is -1.000. The lowest BCUT2D eigenvalue weighted by Gasteiger charge is -2.29. The number of aryl methyl sites for hydroxylation is 4. The molecule has 29 heavy (non-hydrogen) atoms. The van der Waals surface area contributed by atoms with Crippen LogP contribution in [0.15, 0.2) is 48.5 Å². The Balaban J connectivity index is 2.00. The Labute approximate surface area is 183 Å². The Morgan fingerprint density at radius 3 is 1.72 bits per heavy atom. The molecule has 0 amide bonds. The van der Waals surface area contributed by atoms with E-state index in [1.54, 1.807) is 20.4 Å². The highest BCUT2D eigenvalue weighted by atomic mass is 32.1. The summed E-state index contributed by atoms with van der Waals surface area (Å²) in [7, 11) is -0.625. The van der Waals surface area contributed by atoms with Crippen molar-refractivity contribution in [2.24, 2.45) is 0 Å². The molecule has 2 atom stereocenters. The van der Waals surface area contributed by atoms with E-state index >= 15 is 0 Å². The van der Waals surface area contributed by atoms with Crippen LogP contribution in [0.4, 0.5) is 0 Å². The molecule has 4 rings (SSSR count). The molecule has 0 saturated carbocycles. The van der Waals surface area contributed by atoms with Crippen LogP contribution in [0, 0.1) is 27.7 Å². The van der Waals surface area contributed by atoms with Crippen molar-refractivity contribution < 1.29 is 0 Å². The number of hydrogen-bond donors (Lipinski definition) is 0. The average Bonchev–Trinajstić information content (AvgIpc) is 3.16. The zero-order valence-corrected chi connectivity index (χ0v) is 21.1. The molecule has 2 aromatic carbocycles. The van der Waals surface area contributed by atoms with Gasteiger partial charge in [0, 0.05) is 15.1 Å². The van der Waals surface area contributed by atoms with E-state index in [0.717, 1.165) is 11.3 Å². The van der Waals surface area contributed by atoms with Crippen molar-refractivity contribution in [1.82, 2.24) is 0 Å². The fourth-order valence-electron chi connectivity index (χ4n) is 4.86. The maximum atomic E-state index is 2.51. The number of benzene rings is 2. The van der Waals surface area contributed by atoms with E-state index in [1.807, 2.05) is 11.3 Å². The lowest BCUT2D eigenvalue weighted by Crippen LogP contribution is -2.33. The van der Waals surface area contributed by atoms with E-state index in [2.05, 4.69) is 90.1 Å². The molecule has 1 saturated heterocycles. The van der Waals surface area contributed by atoms with Gasteiger partial charge in [0.05, 0.1) is 0 Å². The van der Waals surface area contributed by atoms with Gasteiger partial charge in [0.25, 0.3) is 0 Å². The van der Waals surface area contributed by atoms with Gasteiger partial charge in [0.2, 0.25) is 0 Å². The highest BCUT2D eigenvalue weighted by Gasteiger charge is 2.37. The van der Waals surface area contributed by atoms with Gasteiger partial charge in [-0.25, -0.2) is 0 Å². The lowest BCUT2D eigenvalue weighted by molar-refractivity contribution is 0.777. The van der Waals surface area contributed by atoms with E-state index in [1.165, 1.54) is 34.6 Å². The van der Waals surface area contributed by atoms with Crippen molar-refractivity contribution in [2.45, 2.75) is 65.7 Å². The molecular formula is C26H32P2S. The molecule has 1 aliphatic heterocycles. The molecule has 3 heteroatoms. The predicted molar refractivity (Wildman–Crippen MR) is 137 cm³/mol. The normalized spacial score (nSPS) is 20.0. The van der Waals surface area contributed by atoms with Gasteiger partial charge < -0.3 is 0 Å². The first kappa shape index (κ1) is 21.2.